The third-order valence-corrected chi connectivity index (χ3v) is 4.76. The van der Waals surface area contributed by atoms with Crippen molar-refractivity contribution >= 4 is 12.0 Å². The van der Waals surface area contributed by atoms with Crippen LogP contribution in [0.15, 0.2) is 36.5 Å². The van der Waals surface area contributed by atoms with E-state index in [1.54, 1.807) is 11.1 Å². The first-order chi connectivity index (χ1) is 14.1. The van der Waals surface area contributed by atoms with Gasteiger partial charge in [-0.25, -0.2) is 14.8 Å². The number of carbonyl (C=O) groups excluding carboxylic acids is 1. The maximum atomic E-state index is 12.7. The van der Waals surface area contributed by atoms with Crippen molar-refractivity contribution in [2.24, 2.45) is 0 Å². The molecule has 1 N–H and O–H groups in total. The van der Waals surface area contributed by atoms with Crippen molar-refractivity contribution in [3.05, 3.63) is 53.3 Å². The molecule has 0 radical (unpaired) electrons. The van der Waals surface area contributed by atoms with Gasteiger partial charge in [0.05, 0.1) is 25.5 Å². The second-order valence-electron chi connectivity index (χ2n) is 7.05. The molecule has 2 aromatic rings. The molecule has 2 amide bonds. The van der Waals surface area contributed by atoms with E-state index in [4.69, 9.17) is 9.47 Å². The van der Waals surface area contributed by atoms with Gasteiger partial charge >= 0.3 is 6.03 Å². The number of amides is 2. The van der Waals surface area contributed by atoms with E-state index in [2.05, 4.69) is 15.3 Å². The Morgan fingerprint density at radius 3 is 2.86 bits per heavy atom. The number of urea groups is 1. The van der Waals surface area contributed by atoms with Crippen molar-refractivity contribution in [1.29, 1.82) is 0 Å². The largest absolute Gasteiger partial charge is 0.377 e. The SMILES string of the molecule is CCOCc1ccccc1CNC(=O)N1CCOC(c2ccnc(N(C)C)n2)C1. The minimum Gasteiger partial charge on any atom is -0.377 e. The summed E-state index contributed by atoms with van der Waals surface area (Å²) in [7, 11) is 3.79. The third-order valence-electron chi connectivity index (χ3n) is 4.76. The number of anilines is 1. The normalized spacial score (nSPS) is 16.5. The van der Waals surface area contributed by atoms with Crippen LogP contribution in [0.25, 0.3) is 0 Å². The van der Waals surface area contributed by atoms with E-state index < -0.39 is 0 Å². The number of nitrogens with one attached hydrogen (secondary N) is 1. The lowest BCUT2D eigenvalue weighted by Gasteiger charge is -2.33. The number of carbonyl (C=O) groups is 1. The van der Waals surface area contributed by atoms with E-state index in [0.29, 0.717) is 45.4 Å². The molecule has 3 rings (SSSR count). The van der Waals surface area contributed by atoms with Crippen LogP contribution < -0.4 is 10.2 Å². The van der Waals surface area contributed by atoms with Crippen LogP contribution >= 0.6 is 0 Å². The molecule has 0 aliphatic carbocycles. The summed E-state index contributed by atoms with van der Waals surface area (Å²) in [6.07, 6.45) is 1.46. The molecule has 8 nitrogen and oxygen atoms in total. The standard InChI is InChI=1S/C21H29N5O3/c1-4-28-15-17-8-6-5-7-16(17)13-23-21(27)26-11-12-29-19(14-26)18-9-10-22-20(24-18)25(2)3/h5-10,19H,4,11-15H2,1-3H3,(H,23,27). The molecule has 29 heavy (non-hydrogen) atoms. The van der Waals surface area contributed by atoms with Crippen molar-refractivity contribution in [2.45, 2.75) is 26.2 Å². The van der Waals surface area contributed by atoms with Crippen LogP contribution in [0.1, 0.15) is 29.8 Å². The Morgan fingerprint density at radius 2 is 2.10 bits per heavy atom. The summed E-state index contributed by atoms with van der Waals surface area (Å²) in [6.45, 7) is 5.12. The Bertz CT molecular complexity index is 814. The number of benzene rings is 1. The van der Waals surface area contributed by atoms with Gasteiger partial charge in [0.15, 0.2) is 0 Å². The fourth-order valence-corrected chi connectivity index (χ4v) is 3.13. The molecule has 0 bridgehead atoms. The molecule has 1 unspecified atom stereocenters. The number of rotatable bonds is 7. The zero-order valence-electron chi connectivity index (χ0n) is 17.3. The van der Waals surface area contributed by atoms with E-state index in [9.17, 15) is 4.79 Å². The number of morpholine rings is 1. The van der Waals surface area contributed by atoms with Gasteiger partial charge in [-0.15, -0.1) is 0 Å². The zero-order chi connectivity index (χ0) is 20.6. The quantitative estimate of drug-likeness (QED) is 0.770. The summed E-state index contributed by atoms with van der Waals surface area (Å²) in [5.74, 6) is 0.624. The van der Waals surface area contributed by atoms with Gasteiger partial charge in [-0.3, -0.25) is 0 Å². The number of nitrogens with zero attached hydrogens (tertiary/aromatic N) is 4. The van der Waals surface area contributed by atoms with E-state index in [0.717, 1.165) is 16.8 Å². The fraction of sp³-hybridized carbons (Fsp3) is 0.476. The van der Waals surface area contributed by atoms with Gasteiger partial charge < -0.3 is 24.6 Å². The van der Waals surface area contributed by atoms with Gasteiger partial charge in [0.1, 0.15) is 6.10 Å². The molecule has 1 aliphatic heterocycles. The summed E-state index contributed by atoms with van der Waals surface area (Å²) in [4.78, 5) is 25.1. The molecule has 1 fully saturated rings. The predicted molar refractivity (Wildman–Crippen MR) is 111 cm³/mol. The van der Waals surface area contributed by atoms with Crippen LogP contribution in [0.3, 0.4) is 0 Å². The summed E-state index contributed by atoms with van der Waals surface area (Å²) < 4.78 is 11.4. The maximum absolute atomic E-state index is 12.7. The summed E-state index contributed by atoms with van der Waals surface area (Å²) in [6, 6.07) is 9.73. The predicted octanol–water partition coefficient (Wildman–Crippen LogP) is 2.36. The van der Waals surface area contributed by atoms with Crippen molar-refractivity contribution in [3.63, 3.8) is 0 Å². The number of aromatic nitrogens is 2. The van der Waals surface area contributed by atoms with Gasteiger partial charge in [0, 0.05) is 40.0 Å². The third kappa shape index (κ3) is 5.65. The number of hydrogen-bond acceptors (Lipinski definition) is 6. The summed E-state index contributed by atoms with van der Waals surface area (Å²) in [5, 5.41) is 3.02. The van der Waals surface area contributed by atoms with Crippen molar-refractivity contribution in [3.8, 4) is 0 Å². The minimum absolute atomic E-state index is 0.105. The molecule has 156 valence electrons. The van der Waals surface area contributed by atoms with Crippen LogP contribution in [-0.4, -0.2) is 61.3 Å². The molecule has 1 aliphatic rings. The first kappa shape index (κ1) is 21.0. The first-order valence-corrected chi connectivity index (χ1v) is 9.87. The van der Waals surface area contributed by atoms with Gasteiger partial charge in [-0.05, 0) is 24.1 Å². The van der Waals surface area contributed by atoms with Gasteiger partial charge in [0.2, 0.25) is 5.95 Å². The number of ether oxygens (including phenoxy) is 2. The zero-order valence-corrected chi connectivity index (χ0v) is 17.3. The van der Waals surface area contributed by atoms with E-state index in [1.807, 2.05) is 56.3 Å². The highest BCUT2D eigenvalue weighted by molar-refractivity contribution is 5.74. The average Bonchev–Trinajstić information content (AvgIpc) is 2.76. The Labute approximate surface area is 171 Å². The van der Waals surface area contributed by atoms with Crippen LogP contribution in [0.4, 0.5) is 10.7 Å². The first-order valence-electron chi connectivity index (χ1n) is 9.87. The second-order valence-corrected chi connectivity index (χ2v) is 7.05. The van der Waals surface area contributed by atoms with E-state index in [1.165, 1.54) is 0 Å². The van der Waals surface area contributed by atoms with Gasteiger partial charge in [-0.1, -0.05) is 24.3 Å². The van der Waals surface area contributed by atoms with Crippen LogP contribution in [0, 0.1) is 0 Å². The Morgan fingerprint density at radius 1 is 1.31 bits per heavy atom. The average molecular weight is 399 g/mol. The summed E-state index contributed by atoms with van der Waals surface area (Å²) in [5.41, 5.74) is 2.93. The van der Waals surface area contributed by atoms with Crippen LogP contribution in [0.2, 0.25) is 0 Å². The number of hydrogen-bond donors (Lipinski definition) is 1. The molecule has 0 spiro atoms. The minimum atomic E-state index is -0.263. The lowest BCUT2D eigenvalue weighted by atomic mass is 10.1. The lowest BCUT2D eigenvalue weighted by Crippen LogP contribution is -2.47. The molecule has 1 aromatic heterocycles. The molecule has 8 heteroatoms. The molecule has 1 aromatic carbocycles. The van der Waals surface area contributed by atoms with Crippen molar-refractivity contribution < 1.29 is 14.3 Å². The summed E-state index contributed by atoms with van der Waals surface area (Å²) >= 11 is 0. The lowest BCUT2D eigenvalue weighted by molar-refractivity contribution is -0.0176. The molecule has 1 atom stereocenters. The maximum Gasteiger partial charge on any atom is 0.317 e. The molecule has 0 saturated carbocycles. The topological polar surface area (TPSA) is 79.8 Å². The smallest absolute Gasteiger partial charge is 0.317 e. The fourth-order valence-electron chi connectivity index (χ4n) is 3.13. The monoisotopic (exact) mass is 399 g/mol. The Kier molecular flexibility index (Phi) is 7.37. The van der Waals surface area contributed by atoms with Gasteiger partial charge in [0.25, 0.3) is 0 Å². The van der Waals surface area contributed by atoms with E-state index in [-0.39, 0.29) is 12.1 Å². The Hall–Kier alpha value is -2.71. The molecule has 1 saturated heterocycles. The second kappa shape index (κ2) is 10.2. The molecule has 2 heterocycles. The highest BCUT2D eigenvalue weighted by Gasteiger charge is 2.26. The van der Waals surface area contributed by atoms with Crippen molar-refractivity contribution in [2.75, 3.05) is 45.3 Å². The highest BCUT2D eigenvalue weighted by atomic mass is 16.5. The molecular formula is C21H29N5O3. The molecular weight excluding hydrogens is 370 g/mol. The van der Waals surface area contributed by atoms with Gasteiger partial charge in [-0.2, -0.15) is 0 Å². The van der Waals surface area contributed by atoms with Crippen LogP contribution in [0.5, 0.6) is 0 Å². The Balaban J connectivity index is 1.60. The van der Waals surface area contributed by atoms with E-state index >= 15 is 0 Å². The van der Waals surface area contributed by atoms with Crippen molar-refractivity contribution in [1.82, 2.24) is 20.2 Å². The van der Waals surface area contributed by atoms with Crippen LogP contribution in [-0.2, 0) is 22.6 Å². The highest BCUT2D eigenvalue weighted by Crippen LogP contribution is 2.21.